The lowest BCUT2D eigenvalue weighted by Gasteiger charge is -2.12. The first kappa shape index (κ1) is 22.8. The number of ether oxygens (including phenoxy) is 1. The zero-order valence-corrected chi connectivity index (χ0v) is 15.0. The first-order valence-electron chi connectivity index (χ1n) is 8.22. The Bertz CT molecular complexity index is 938. The van der Waals surface area contributed by atoms with Crippen molar-refractivity contribution in [3.8, 4) is 5.75 Å². The Morgan fingerprint density at radius 1 is 0.933 bits per heavy atom. The van der Waals surface area contributed by atoms with Gasteiger partial charge < -0.3 is 15.4 Å². The van der Waals surface area contributed by atoms with Crippen molar-refractivity contribution in [2.75, 3.05) is 11.9 Å². The van der Waals surface area contributed by atoms with Gasteiger partial charge in [0.05, 0.1) is 11.3 Å². The van der Waals surface area contributed by atoms with Gasteiger partial charge in [-0.25, -0.2) is 0 Å². The first-order valence-corrected chi connectivity index (χ1v) is 8.22. The number of benzene rings is 2. The second-order valence-electron chi connectivity index (χ2n) is 5.75. The standard InChI is InChI=1S/C19H14F6N2O3/c20-18(21,22)11-26-17(29)13-6-2-3-7-14(13)27-16(28)10-9-12-5-1-4-8-15(12)30-19(23,24)25/h1-10H,11H2,(H,26,29)(H,27,28). The summed E-state index contributed by atoms with van der Waals surface area (Å²) in [5, 5.41) is 3.98. The van der Waals surface area contributed by atoms with Crippen LogP contribution in [0.5, 0.6) is 5.75 Å². The van der Waals surface area contributed by atoms with E-state index >= 15 is 0 Å². The highest BCUT2D eigenvalue weighted by atomic mass is 19.4. The molecule has 0 radical (unpaired) electrons. The van der Waals surface area contributed by atoms with Gasteiger partial charge in [0.15, 0.2) is 0 Å². The zero-order chi connectivity index (χ0) is 22.4. The fourth-order valence-corrected chi connectivity index (χ4v) is 2.24. The van der Waals surface area contributed by atoms with Crippen molar-refractivity contribution >= 4 is 23.6 Å². The van der Waals surface area contributed by atoms with Gasteiger partial charge in [-0.15, -0.1) is 13.2 Å². The third-order valence-corrected chi connectivity index (χ3v) is 3.44. The summed E-state index contributed by atoms with van der Waals surface area (Å²) in [7, 11) is 0. The van der Waals surface area contributed by atoms with Gasteiger partial charge >= 0.3 is 12.5 Å². The van der Waals surface area contributed by atoms with Gasteiger partial charge in [-0.2, -0.15) is 13.2 Å². The maximum Gasteiger partial charge on any atom is 0.573 e. The van der Waals surface area contributed by atoms with E-state index in [0.29, 0.717) is 0 Å². The maximum absolute atomic E-state index is 12.4. The number of alkyl halides is 6. The van der Waals surface area contributed by atoms with Crippen LogP contribution in [0, 0.1) is 0 Å². The fourth-order valence-electron chi connectivity index (χ4n) is 2.24. The smallest absolute Gasteiger partial charge is 0.405 e. The third-order valence-electron chi connectivity index (χ3n) is 3.44. The summed E-state index contributed by atoms with van der Waals surface area (Å²) in [6.07, 6.45) is -7.58. The molecule has 0 spiro atoms. The van der Waals surface area contributed by atoms with Crippen LogP contribution in [-0.4, -0.2) is 30.9 Å². The zero-order valence-electron chi connectivity index (χ0n) is 15.0. The average molecular weight is 432 g/mol. The molecule has 0 aliphatic heterocycles. The van der Waals surface area contributed by atoms with Gasteiger partial charge in [0.1, 0.15) is 12.3 Å². The van der Waals surface area contributed by atoms with Gasteiger partial charge in [0.2, 0.25) is 5.91 Å². The van der Waals surface area contributed by atoms with Crippen molar-refractivity contribution in [1.82, 2.24) is 5.32 Å². The van der Waals surface area contributed by atoms with Gasteiger partial charge in [-0.1, -0.05) is 30.3 Å². The molecule has 0 saturated heterocycles. The topological polar surface area (TPSA) is 67.4 Å². The van der Waals surface area contributed by atoms with Crippen LogP contribution in [0.25, 0.3) is 6.08 Å². The van der Waals surface area contributed by atoms with E-state index in [1.165, 1.54) is 42.5 Å². The number of para-hydroxylation sites is 2. The summed E-state index contributed by atoms with van der Waals surface area (Å²) >= 11 is 0. The second-order valence-corrected chi connectivity index (χ2v) is 5.75. The highest BCUT2D eigenvalue weighted by Crippen LogP contribution is 2.27. The highest BCUT2D eigenvalue weighted by molar-refractivity contribution is 6.07. The number of amides is 2. The van der Waals surface area contributed by atoms with E-state index in [1.807, 2.05) is 0 Å². The average Bonchev–Trinajstić information content (AvgIpc) is 2.64. The van der Waals surface area contributed by atoms with Crippen molar-refractivity contribution in [2.24, 2.45) is 0 Å². The quantitative estimate of drug-likeness (QED) is 0.521. The highest BCUT2D eigenvalue weighted by Gasteiger charge is 2.31. The summed E-state index contributed by atoms with van der Waals surface area (Å²) in [6, 6.07) is 10.4. The Morgan fingerprint density at radius 2 is 1.57 bits per heavy atom. The number of anilines is 1. The van der Waals surface area contributed by atoms with Crippen LogP contribution in [0.15, 0.2) is 54.6 Å². The Hall–Kier alpha value is -3.50. The molecule has 0 heterocycles. The summed E-state index contributed by atoms with van der Waals surface area (Å²) in [6.45, 7) is -1.55. The van der Waals surface area contributed by atoms with E-state index in [4.69, 9.17) is 0 Å². The molecule has 2 rings (SSSR count). The van der Waals surface area contributed by atoms with Crippen molar-refractivity contribution in [3.05, 3.63) is 65.7 Å². The molecule has 0 unspecified atom stereocenters. The van der Waals surface area contributed by atoms with Crippen molar-refractivity contribution in [3.63, 3.8) is 0 Å². The van der Waals surface area contributed by atoms with E-state index in [0.717, 1.165) is 18.2 Å². The van der Waals surface area contributed by atoms with Crippen LogP contribution in [0.2, 0.25) is 0 Å². The van der Waals surface area contributed by atoms with Gasteiger partial charge in [0, 0.05) is 11.6 Å². The number of hydrogen-bond donors (Lipinski definition) is 2. The number of carbonyl (C=O) groups is 2. The number of nitrogens with one attached hydrogen (secondary N) is 2. The van der Waals surface area contributed by atoms with Crippen LogP contribution in [-0.2, 0) is 4.79 Å². The summed E-state index contributed by atoms with van der Waals surface area (Å²) in [4.78, 5) is 24.0. The van der Waals surface area contributed by atoms with Crippen molar-refractivity contribution < 1.29 is 40.7 Å². The summed E-state index contributed by atoms with van der Waals surface area (Å²) in [5.74, 6) is -2.41. The monoisotopic (exact) mass is 432 g/mol. The molecule has 2 amide bonds. The molecular weight excluding hydrogens is 418 g/mol. The second kappa shape index (κ2) is 9.33. The lowest BCUT2D eigenvalue weighted by atomic mass is 10.1. The van der Waals surface area contributed by atoms with E-state index in [9.17, 15) is 35.9 Å². The molecular formula is C19H14F6N2O3. The number of rotatable bonds is 6. The Morgan fingerprint density at radius 3 is 2.23 bits per heavy atom. The SMILES string of the molecule is O=C(C=Cc1ccccc1OC(F)(F)F)Nc1ccccc1C(=O)NCC(F)(F)F. The normalized spacial score (nSPS) is 11.9. The minimum Gasteiger partial charge on any atom is -0.405 e. The number of carbonyl (C=O) groups excluding carboxylic acids is 2. The van der Waals surface area contributed by atoms with Crippen LogP contribution in [0.3, 0.4) is 0 Å². The minimum atomic E-state index is -4.92. The molecule has 160 valence electrons. The van der Waals surface area contributed by atoms with E-state index in [-0.39, 0.29) is 16.8 Å². The lowest BCUT2D eigenvalue weighted by Crippen LogP contribution is -2.34. The molecule has 0 bridgehead atoms. The van der Waals surface area contributed by atoms with Crippen molar-refractivity contribution in [1.29, 1.82) is 0 Å². The molecule has 0 fully saturated rings. The lowest BCUT2D eigenvalue weighted by molar-refractivity contribution is -0.274. The van der Waals surface area contributed by atoms with Gasteiger partial charge in [-0.05, 0) is 24.3 Å². The van der Waals surface area contributed by atoms with Crippen LogP contribution in [0.4, 0.5) is 32.0 Å². The summed E-state index contributed by atoms with van der Waals surface area (Å²) < 4.78 is 77.9. The molecule has 30 heavy (non-hydrogen) atoms. The summed E-state index contributed by atoms with van der Waals surface area (Å²) in [5.41, 5.74) is -0.336. The van der Waals surface area contributed by atoms with E-state index in [1.54, 1.807) is 5.32 Å². The molecule has 11 heteroatoms. The molecule has 2 aromatic carbocycles. The molecule has 2 N–H and O–H groups in total. The first-order chi connectivity index (χ1) is 13.9. The third kappa shape index (κ3) is 7.49. The largest absolute Gasteiger partial charge is 0.573 e. The van der Waals surface area contributed by atoms with Crippen LogP contribution in [0.1, 0.15) is 15.9 Å². The van der Waals surface area contributed by atoms with E-state index in [2.05, 4.69) is 10.1 Å². The number of hydrogen-bond acceptors (Lipinski definition) is 3. The van der Waals surface area contributed by atoms with E-state index < -0.39 is 36.6 Å². The molecule has 0 atom stereocenters. The fraction of sp³-hybridized carbons (Fsp3) is 0.158. The number of halogens is 6. The predicted octanol–water partition coefficient (Wildman–Crippen LogP) is 4.53. The predicted molar refractivity (Wildman–Crippen MR) is 95.6 cm³/mol. The molecule has 5 nitrogen and oxygen atoms in total. The molecule has 0 aliphatic rings. The van der Waals surface area contributed by atoms with Gasteiger partial charge in [0.25, 0.3) is 5.91 Å². The Kier molecular flexibility index (Phi) is 7.09. The van der Waals surface area contributed by atoms with Crippen LogP contribution < -0.4 is 15.4 Å². The minimum absolute atomic E-state index is 0.0406. The molecule has 2 aromatic rings. The van der Waals surface area contributed by atoms with Crippen molar-refractivity contribution in [2.45, 2.75) is 12.5 Å². The molecule has 0 saturated carbocycles. The van der Waals surface area contributed by atoms with Gasteiger partial charge in [-0.3, -0.25) is 9.59 Å². The maximum atomic E-state index is 12.4. The Balaban J connectivity index is 2.12. The molecule has 0 aliphatic carbocycles. The molecule has 0 aromatic heterocycles. The van der Waals surface area contributed by atoms with Crippen LogP contribution >= 0.6 is 0 Å². The Labute approximate surface area is 166 Å².